The highest BCUT2D eigenvalue weighted by Gasteiger charge is 2.03. The molecule has 0 atom stereocenters. The number of amides is 1. The summed E-state index contributed by atoms with van der Waals surface area (Å²) in [4.78, 5) is 20.0. The minimum absolute atomic E-state index is 0. The van der Waals surface area contributed by atoms with Crippen LogP contribution in [-0.2, 0) is 18.4 Å². The molecular formula is C13H26IN7O. The minimum Gasteiger partial charge on any atom is -0.357 e. The van der Waals surface area contributed by atoms with Gasteiger partial charge in [-0.15, -0.1) is 24.0 Å². The van der Waals surface area contributed by atoms with Crippen molar-refractivity contribution in [3.05, 3.63) is 12.2 Å². The van der Waals surface area contributed by atoms with Crippen LogP contribution in [0.1, 0.15) is 32.5 Å². The van der Waals surface area contributed by atoms with Crippen LogP contribution < -0.4 is 16.0 Å². The average molecular weight is 423 g/mol. The third kappa shape index (κ3) is 8.15. The summed E-state index contributed by atoms with van der Waals surface area (Å²) in [5.74, 6) is 1.50. The zero-order valence-electron chi connectivity index (χ0n) is 13.4. The van der Waals surface area contributed by atoms with Crippen LogP contribution in [-0.4, -0.2) is 46.3 Å². The van der Waals surface area contributed by atoms with Gasteiger partial charge in [-0.25, -0.2) is 9.98 Å². The van der Waals surface area contributed by atoms with Crippen molar-refractivity contribution < 1.29 is 4.79 Å². The van der Waals surface area contributed by atoms with E-state index in [2.05, 4.69) is 31.0 Å². The number of nitrogens with one attached hydrogen (secondary N) is 3. The number of hydrogen-bond donors (Lipinski definition) is 3. The van der Waals surface area contributed by atoms with E-state index in [-0.39, 0.29) is 29.9 Å². The number of nitrogens with zero attached hydrogens (tertiary/aromatic N) is 4. The monoisotopic (exact) mass is 423 g/mol. The number of carbonyl (C=O) groups excluding carboxylic acids is 1. The summed E-state index contributed by atoms with van der Waals surface area (Å²) < 4.78 is 1.69. The van der Waals surface area contributed by atoms with Crippen molar-refractivity contribution in [2.45, 2.75) is 33.2 Å². The number of aromatic nitrogens is 3. The van der Waals surface area contributed by atoms with E-state index in [0.29, 0.717) is 25.5 Å². The molecule has 0 fully saturated rings. The maximum atomic E-state index is 11.5. The lowest BCUT2D eigenvalue weighted by molar-refractivity contribution is -0.120. The largest absolute Gasteiger partial charge is 0.357 e. The van der Waals surface area contributed by atoms with E-state index >= 15 is 0 Å². The summed E-state index contributed by atoms with van der Waals surface area (Å²) in [6.45, 7) is 6.48. The fourth-order valence-electron chi connectivity index (χ4n) is 1.60. The molecule has 9 heteroatoms. The molecule has 0 bridgehead atoms. The second-order valence-corrected chi connectivity index (χ2v) is 4.52. The van der Waals surface area contributed by atoms with Crippen molar-refractivity contribution in [2.75, 3.05) is 19.6 Å². The van der Waals surface area contributed by atoms with Crippen LogP contribution in [0, 0.1) is 0 Å². The van der Waals surface area contributed by atoms with Gasteiger partial charge in [-0.3, -0.25) is 9.48 Å². The number of aryl methyl sites for hydroxylation is 1. The van der Waals surface area contributed by atoms with E-state index in [9.17, 15) is 4.79 Å². The first kappa shape index (κ1) is 20.6. The molecule has 0 aliphatic carbocycles. The number of guanidine groups is 1. The maximum absolute atomic E-state index is 11.5. The molecule has 1 aromatic heterocycles. The van der Waals surface area contributed by atoms with Gasteiger partial charge in [0.15, 0.2) is 5.96 Å². The Morgan fingerprint density at radius 1 is 1.27 bits per heavy atom. The summed E-state index contributed by atoms with van der Waals surface area (Å²) >= 11 is 0. The average Bonchev–Trinajstić information content (AvgIpc) is 2.88. The third-order valence-corrected chi connectivity index (χ3v) is 2.74. The standard InChI is InChI=1S/C13H25N7O.HI/c1-4-7-15-12(21)6-8-16-13(14-5-2)17-9-11-18-10-19-20(11)3;/h10H,4-9H2,1-3H3,(H,15,21)(H2,14,16,17);1H. The Kier molecular flexibility index (Phi) is 11.4. The molecule has 0 radical (unpaired) electrons. The lowest BCUT2D eigenvalue weighted by Gasteiger charge is -2.11. The van der Waals surface area contributed by atoms with Gasteiger partial charge in [0.05, 0.1) is 0 Å². The topological polar surface area (TPSA) is 96.2 Å². The predicted octanol–water partition coefficient (Wildman–Crippen LogP) is 0.404. The van der Waals surface area contributed by atoms with Gasteiger partial charge in [0, 0.05) is 33.1 Å². The van der Waals surface area contributed by atoms with Gasteiger partial charge in [-0.05, 0) is 13.3 Å². The van der Waals surface area contributed by atoms with E-state index in [1.54, 1.807) is 4.68 Å². The normalized spacial score (nSPS) is 10.8. The molecule has 126 valence electrons. The molecule has 0 unspecified atom stereocenters. The van der Waals surface area contributed by atoms with Gasteiger partial charge in [0.1, 0.15) is 18.7 Å². The van der Waals surface area contributed by atoms with Crippen molar-refractivity contribution >= 4 is 35.8 Å². The molecule has 1 heterocycles. The van der Waals surface area contributed by atoms with Gasteiger partial charge in [0.2, 0.25) is 5.91 Å². The van der Waals surface area contributed by atoms with E-state index < -0.39 is 0 Å². The minimum atomic E-state index is 0. The van der Waals surface area contributed by atoms with Crippen molar-refractivity contribution in [1.29, 1.82) is 0 Å². The summed E-state index contributed by atoms with van der Waals surface area (Å²) in [6.07, 6.45) is 2.87. The molecule has 8 nitrogen and oxygen atoms in total. The van der Waals surface area contributed by atoms with Gasteiger partial charge >= 0.3 is 0 Å². The van der Waals surface area contributed by atoms with Crippen molar-refractivity contribution in [3.8, 4) is 0 Å². The van der Waals surface area contributed by atoms with E-state index in [1.165, 1.54) is 6.33 Å². The van der Waals surface area contributed by atoms with Gasteiger partial charge < -0.3 is 16.0 Å². The fourth-order valence-corrected chi connectivity index (χ4v) is 1.60. The van der Waals surface area contributed by atoms with Crippen LogP contribution in [0.4, 0.5) is 0 Å². The summed E-state index contributed by atoms with van der Waals surface area (Å²) in [7, 11) is 1.83. The Labute approximate surface area is 148 Å². The SMILES string of the molecule is CCCNC(=O)CCNC(=NCc1ncnn1C)NCC.I. The Morgan fingerprint density at radius 3 is 2.64 bits per heavy atom. The number of carbonyl (C=O) groups is 1. The Morgan fingerprint density at radius 2 is 2.05 bits per heavy atom. The lowest BCUT2D eigenvalue weighted by Crippen LogP contribution is -2.39. The molecule has 1 amide bonds. The summed E-state index contributed by atoms with van der Waals surface area (Å²) in [6, 6.07) is 0. The van der Waals surface area contributed by atoms with Crippen molar-refractivity contribution in [2.24, 2.45) is 12.0 Å². The summed E-state index contributed by atoms with van der Waals surface area (Å²) in [5, 5.41) is 13.1. The van der Waals surface area contributed by atoms with Crippen LogP contribution in [0.2, 0.25) is 0 Å². The van der Waals surface area contributed by atoms with Crippen molar-refractivity contribution in [3.63, 3.8) is 0 Å². The number of halogens is 1. The zero-order chi connectivity index (χ0) is 15.5. The molecule has 0 aromatic carbocycles. The molecule has 1 aromatic rings. The number of rotatable bonds is 8. The Hall–Kier alpha value is -1.39. The predicted molar refractivity (Wildman–Crippen MR) is 97.2 cm³/mol. The molecule has 0 saturated heterocycles. The Bertz CT molecular complexity index is 461. The second-order valence-electron chi connectivity index (χ2n) is 4.52. The second kappa shape index (κ2) is 12.2. The number of hydrogen-bond acceptors (Lipinski definition) is 4. The van der Waals surface area contributed by atoms with E-state index in [1.807, 2.05) is 20.9 Å². The zero-order valence-corrected chi connectivity index (χ0v) is 15.8. The molecule has 3 N–H and O–H groups in total. The quantitative estimate of drug-likeness (QED) is 0.320. The molecule has 0 spiro atoms. The van der Waals surface area contributed by atoms with Gasteiger partial charge in [0.25, 0.3) is 0 Å². The molecule has 0 aliphatic heterocycles. The number of aliphatic imine (C=N–C) groups is 1. The van der Waals surface area contributed by atoms with Gasteiger partial charge in [-0.1, -0.05) is 6.92 Å². The van der Waals surface area contributed by atoms with Crippen molar-refractivity contribution in [1.82, 2.24) is 30.7 Å². The molecule has 0 aliphatic rings. The van der Waals surface area contributed by atoms with Crippen LogP contribution >= 0.6 is 24.0 Å². The van der Waals surface area contributed by atoms with Crippen LogP contribution in [0.25, 0.3) is 0 Å². The van der Waals surface area contributed by atoms with Crippen LogP contribution in [0.15, 0.2) is 11.3 Å². The summed E-state index contributed by atoms with van der Waals surface area (Å²) in [5.41, 5.74) is 0. The van der Waals surface area contributed by atoms with E-state index in [4.69, 9.17) is 0 Å². The third-order valence-electron chi connectivity index (χ3n) is 2.74. The smallest absolute Gasteiger partial charge is 0.221 e. The lowest BCUT2D eigenvalue weighted by atomic mass is 10.4. The molecular weight excluding hydrogens is 397 g/mol. The highest BCUT2D eigenvalue weighted by atomic mass is 127. The molecule has 22 heavy (non-hydrogen) atoms. The highest BCUT2D eigenvalue weighted by molar-refractivity contribution is 14.0. The Balaban J connectivity index is 0.00000441. The fraction of sp³-hybridized carbons (Fsp3) is 0.692. The first-order chi connectivity index (χ1) is 10.2. The van der Waals surface area contributed by atoms with Crippen LogP contribution in [0.5, 0.6) is 0 Å². The first-order valence-corrected chi connectivity index (χ1v) is 7.29. The maximum Gasteiger partial charge on any atom is 0.221 e. The van der Waals surface area contributed by atoms with E-state index in [0.717, 1.165) is 25.3 Å². The highest BCUT2D eigenvalue weighted by Crippen LogP contribution is 1.93. The first-order valence-electron chi connectivity index (χ1n) is 7.29. The molecule has 1 rings (SSSR count). The molecule has 0 saturated carbocycles. The van der Waals surface area contributed by atoms with Gasteiger partial charge in [-0.2, -0.15) is 5.10 Å². The van der Waals surface area contributed by atoms with Crippen LogP contribution in [0.3, 0.4) is 0 Å².